The molecule has 0 bridgehead atoms. The van der Waals surface area contributed by atoms with E-state index in [0.717, 1.165) is 0 Å². The van der Waals surface area contributed by atoms with Gasteiger partial charge >= 0.3 is 0 Å². The molecule has 3 aromatic heterocycles. The van der Waals surface area contributed by atoms with Gasteiger partial charge in [0.15, 0.2) is 5.58 Å². The smallest absolute Gasteiger partial charge is 0.294 e. The molecule has 4 rings (SSSR count). The monoisotopic (exact) mass is 513 g/mol. The van der Waals surface area contributed by atoms with Crippen LogP contribution in [0.5, 0.6) is 0 Å². The van der Waals surface area contributed by atoms with Crippen molar-refractivity contribution >= 4 is 51.9 Å². The number of likely N-dealkylation sites (N-methyl/N-ethyl adjacent to an activating group) is 1. The zero-order chi connectivity index (χ0) is 25.8. The number of pyridine rings is 2. The fourth-order valence-corrected chi connectivity index (χ4v) is 4.48. The number of halogens is 1. The molecule has 0 atom stereocenters. The summed E-state index contributed by atoms with van der Waals surface area (Å²) in [5.74, 6) is -1.15. The van der Waals surface area contributed by atoms with Crippen molar-refractivity contribution in [3.8, 4) is 0 Å². The maximum Gasteiger partial charge on any atom is 0.294 e. The van der Waals surface area contributed by atoms with Gasteiger partial charge in [0, 0.05) is 37.3 Å². The zero-order valence-corrected chi connectivity index (χ0v) is 20.8. The molecule has 0 aliphatic heterocycles. The molecule has 0 saturated heterocycles. The van der Waals surface area contributed by atoms with Gasteiger partial charge in [-0.15, -0.1) is 0 Å². The molecule has 0 spiro atoms. The number of hydrogen-bond donors (Lipinski definition) is 3. The predicted octanol–water partition coefficient (Wildman–Crippen LogP) is 3.63. The molecule has 1 saturated carbocycles. The minimum atomic E-state index is -0.586. The molecule has 3 heterocycles. The number of aromatic nitrogens is 2. The summed E-state index contributed by atoms with van der Waals surface area (Å²) in [7, 11) is 1.67. The maximum absolute atomic E-state index is 13.2. The number of furan rings is 1. The number of carbonyl (C=O) groups is 3. The molecular weight excluding hydrogens is 486 g/mol. The van der Waals surface area contributed by atoms with Crippen molar-refractivity contribution in [3.63, 3.8) is 0 Å². The van der Waals surface area contributed by atoms with E-state index in [4.69, 9.17) is 21.1 Å². The van der Waals surface area contributed by atoms with E-state index in [0.29, 0.717) is 47.5 Å². The zero-order valence-electron chi connectivity index (χ0n) is 20.1. The Morgan fingerprint density at radius 2 is 1.83 bits per heavy atom. The number of amides is 3. The lowest BCUT2D eigenvalue weighted by Gasteiger charge is -2.29. The molecule has 3 N–H and O–H groups in total. The van der Waals surface area contributed by atoms with Gasteiger partial charge in [0.05, 0.1) is 11.6 Å². The average Bonchev–Trinajstić information content (AvgIpc) is 3.22. The molecule has 190 valence electrons. The standard InChI is InChI=1S/C25H28ClN5O5/c1-14-3-9-18-20(28-14)21(22(36-18)24(34)29-19-10-8-17(26)13-27-19)30-23(33)15-4-6-16(7-5-15)25(35)31(2)11-12-32/h3,8-10,13,15-16,32H,4-7,11-12H2,1-2H3,(H,30,33)(H,27,29,34). The molecular formula is C25H28ClN5O5. The van der Waals surface area contributed by atoms with Crippen LogP contribution in [0.2, 0.25) is 5.02 Å². The third-order valence-electron chi connectivity index (χ3n) is 6.36. The quantitative estimate of drug-likeness (QED) is 0.438. The number of anilines is 2. The summed E-state index contributed by atoms with van der Waals surface area (Å²) in [4.78, 5) is 48.9. The third kappa shape index (κ3) is 5.66. The van der Waals surface area contributed by atoms with Crippen LogP contribution in [0.1, 0.15) is 41.9 Å². The second kappa shape index (κ2) is 11.0. The summed E-state index contributed by atoms with van der Waals surface area (Å²) in [5.41, 5.74) is 1.65. The topological polar surface area (TPSA) is 138 Å². The molecule has 1 aliphatic carbocycles. The first-order valence-corrected chi connectivity index (χ1v) is 12.1. The highest BCUT2D eigenvalue weighted by atomic mass is 35.5. The first-order chi connectivity index (χ1) is 17.3. The third-order valence-corrected chi connectivity index (χ3v) is 6.58. The number of nitrogens with one attached hydrogen (secondary N) is 2. The van der Waals surface area contributed by atoms with Gasteiger partial charge in [-0.05, 0) is 56.9 Å². The van der Waals surface area contributed by atoms with Crippen LogP contribution < -0.4 is 10.6 Å². The highest BCUT2D eigenvalue weighted by Crippen LogP contribution is 2.34. The minimum absolute atomic E-state index is 0.0156. The molecule has 36 heavy (non-hydrogen) atoms. The first kappa shape index (κ1) is 25.6. The molecule has 10 nitrogen and oxygen atoms in total. The van der Waals surface area contributed by atoms with Crippen molar-refractivity contribution in [2.24, 2.45) is 11.8 Å². The molecule has 3 aromatic rings. The summed E-state index contributed by atoms with van der Waals surface area (Å²) in [6.07, 6.45) is 3.63. The second-order valence-electron chi connectivity index (χ2n) is 8.94. The fourth-order valence-electron chi connectivity index (χ4n) is 4.37. The van der Waals surface area contributed by atoms with Crippen molar-refractivity contribution in [2.75, 3.05) is 30.8 Å². The molecule has 1 fully saturated rings. The Hall–Kier alpha value is -3.50. The Kier molecular flexibility index (Phi) is 7.85. The van der Waals surface area contributed by atoms with E-state index < -0.39 is 5.91 Å². The van der Waals surface area contributed by atoms with E-state index in [1.54, 1.807) is 31.3 Å². The van der Waals surface area contributed by atoms with E-state index >= 15 is 0 Å². The number of aryl methyl sites for hydroxylation is 1. The Bertz CT molecular complexity index is 1270. The van der Waals surface area contributed by atoms with Gasteiger partial charge < -0.3 is 25.1 Å². The van der Waals surface area contributed by atoms with Crippen LogP contribution in [0.4, 0.5) is 11.5 Å². The molecule has 3 amide bonds. The van der Waals surface area contributed by atoms with Gasteiger partial charge in [-0.2, -0.15) is 0 Å². The number of nitrogens with zero attached hydrogens (tertiary/aromatic N) is 3. The lowest BCUT2D eigenvalue weighted by molar-refractivity contribution is -0.137. The van der Waals surface area contributed by atoms with Crippen LogP contribution in [-0.2, 0) is 9.59 Å². The Balaban J connectivity index is 1.51. The van der Waals surface area contributed by atoms with Crippen LogP contribution >= 0.6 is 11.6 Å². The van der Waals surface area contributed by atoms with Gasteiger partial charge in [-0.1, -0.05) is 11.6 Å². The predicted molar refractivity (Wildman–Crippen MR) is 135 cm³/mol. The summed E-state index contributed by atoms with van der Waals surface area (Å²) in [6.45, 7) is 2.01. The SMILES string of the molecule is Cc1ccc2oc(C(=O)Nc3ccc(Cl)cn3)c(NC(=O)C3CCC(C(=O)N(C)CCO)CC3)c2n1. The molecule has 11 heteroatoms. The number of aliphatic hydroxyl groups excluding tert-OH is 1. The minimum Gasteiger partial charge on any atom is -0.447 e. The largest absolute Gasteiger partial charge is 0.447 e. The number of fused-ring (bicyclic) bond motifs is 1. The van der Waals surface area contributed by atoms with Crippen molar-refractivity contribution in [3.05, 3.63) is 46.9 Å². The Morgan fingerprint density at radius 3 is 2.50 bits per heavy atom. The van der Waals surface area contributed by atoms with Crippen LogP contribution in [0.3, 0.4) is 0 Å². The average molecular weight is 514 g/mol. The summed E-state index contributed by atoms with van der Waals surface area (Å²) >= 11 is 5.86. The second-order valence-corrected chi connectivity index (χ2v) is 9.38. The van der Waals surface area contributed by atoms with Crippen LogP contribution in [0.25, 0.3) is 11.1 Å². The summed E-state index contributed by atoms with van der Waals surface area (Å²) in [6, 6.07) is 6.61. The highest BCUT2D eigenvalue weighted by Gasteiger charge is 2.33. The highest BCUT2D eigenvalue weighted by molar-refractivity contribution is 6.30. The lowest BCUT2D eigenvalue weighted by Crippen LogP contribution is -2.38. The van der Waals surface area contributed by atoms with Gasteiger partial charge in [-0.3, -0.25) is 14.4 Å². The Morgan fingerprint density at radius 1 is 1.11 bits per heavy atom. The van der Waals surface area contributed by atoms with Crippen molar-refractivity contribution in [1.82, 2.24) is 14.9 Å². The van der Waals surface area contributed by atoms with E-state index in [1.807, 2.05) is 6.92 Å². The molecule has 1 aliphatic rings. The number of hydrogen-bond acceptors (Lipinski definition) is 7. The van der Waals surface area contributed by atoms with Gasteiger partial charge in [0.25, 0.3) is 5.91 Å². The summed E-state index contributed by atoms with van der Waals surface area (Å²) < 4.78 is 5.78. The van der Waals surface area contributed by atoms with Gasteiger partial charge in [0.1, 0.15) is 17.0 Å². The van der Waals surface area contributed by atoms with Crippen molar-refractivity contribution in [2.45, 2.75) is 32.6 Å². The van der Waals surface area contributed by atoms with Gasteiger partial charge in [-0.25, -0.2) is 9.97 Å². The van der Waals surface area contributed by atoms with Crippen molar-refractivity contribution < 1.29 is 23.9 Å². The molecule has 0 aromatic carbocycles. The van der Waals surface area contributed by atoms with E-state index in [9.17, 15) is 14.4 Å². The Labute approximate surface area is 213 Å². The number of aliphatic hydroxyl groups is 1. The van der Waals surface area contributed by atoms with E-state index in [1.165, 1.54) is 11.1 Å². The number of carbonyl (C=O) groups excluding carboxylic acids is 3. The van der Waals surface area contributed by atoms with Gasteiger partial charge in [0.2, 0.25) is 17.6 Å². The first-order valence-electron chi connectivity index (χ1n) is 11.8. The maximum atomic E-state index is 13.2. The fraction of sp³-hybridized carbons (Fsp3) is 0.400. The molecule has 0 radical (unpaired) electrons. The number of rotatable bonds is 7. The van der Waals surface area contributed by atoms with Crippen LogP contribution in [0, 0.1) is 18.8 Å². The lowest BCUT2D eigenvalue weighted by atomic mass is 9.81. The van der Waals surface area contributed by atoms with Crippen LogP contribution in [-0.4, -0.2) is 57.9 Å². The van der Waals surface area contributed by atoms with Crippen molar-refractivity contribution in [1.29, 1.82) is 0 Å². The summed E-state index contributed by atoms with van der Waals surface area (Å²) in [5, 5.41) is 15.0. The van der Waals surface area contributed by atoms with Crippen LogP contribution in [0.15, 0.2) is 34.9 Å². The molecule has 0 unspecified atom stereocenters. The van der Waals surface area contributed by atoms with E-state index in [2.05, 4.69) is 20.6 Å². The van der Waals surface area contributed by atoms with E-state index in [-0.39, 0.29) is 54.1 Å². The normalized spacial score (nSPS) is 17.6.